The second-order valence-electron chi connectivity index (χ2n) is 3.60. The van der Waals surface area contributed by atoms with E-state index in [1.54, 1.807) is 6.07 Å². The van der Waals surface area contributed by atoms with E-state index in [1.165, 1.54) is 12.1 Å². The lowest BCUT2D eigenvalue weighted by Gasteiger charge is -2.07. The van der Waals surface area contributed by atoms with Gasteiger partial charge < -0.3 is 15.7 Å². The predicted molar refractivity (Wildman–Crippen MR) is 61.9 cm³/mol. The highest BCUT2D eigenvalue weighted by Crippen LogP contribution is 2.16. The Morgan fingerprint density at radius 1 is 1.59 bits per heavy atom. The van der Waals surface area contributed by atoms with E-state index in [0.29, 0.717) is 17.9 Å². The number of benzene rings is 1. The van der Waals surface area contributed by atoms with Gasteiger partial charge in [-0.3, -0.25) is 9.79 Å². The van der Waals surface area contributed by atoms with E-state index in [1.807, 2.05) is 0 Å². The highest BCUT2D eigenvalue weighted by atomic mass is 19.1. The first-order valence-corrected chi connectivity index (χ1v) is 5.21. The highest BCUT2D eigenvalue weighted by molar-refractivity contribution is 6.00. The molecular formula is C11H12FN3O2. The van der Waals surface area contributed by atoms with Crippen molar-refractivity contribution in [1.29, 1.82) is 0 Å². The maximum Gasteiger partial charge on any atom is 0.322 e. The molecule has 0 radical (unpaired) electrons. The molecule has 0 spiro atoms. The van der Waals surface area contributed by atoms with Crippen LogP contribution in [0, 0.1) is 5.82 Å². The Balaban J connectivity index is 2.13. The topological polar surface area (TPSA) is 73.7 Å². The molecule has 0 aliphatic carbocycles. The summed E-state index contributed by atoms with van der Waals surface area (Å²) in [6.07, 6.45) is 0. The summed E-state index contributed by atoms with van der Waals surface area (Å²) < 4.78 is 13.6. The van der Waals surface area contributed by atoms with Gasteiger partial charge in [-0.25, -0.2) is 4.39 Å². The van der Waals surface area contributed by atoms with Gasteiger partial charge in [0.05, 0.1) is 12.2 Å². The third kappa shape index (κ3) is 2.72. The molecule has 0 unspecified atom stereocenters. The first-order valence-electron chi connectivity index (χ1n) is 5.21. The van der Waals surface area contributed by atoms with Crippen molar-refractivity contribution in [2.24, 2.45) is 4.99 Å². The SMILES string of the molecule is O=C(O)CNc1ccc(C2=NCCN2)cc1F. The molecule has 1 aromatic rings. The molecule has 0 fully saturated rings. The standard InChI is InChI=1S/C11H12FN3O2/c12-8-5-7(11-13-3-4-14-11)1-2-9(8)15-6-10(16)17/h1-2,5,15H,3-4,6H2,(H,13,14)(H,16,17). The first kappa shape index (κ1) is 11.4. The van der Waals surface area contributed by atoms with Crippen molar-refractivity contribution in [3.05, 3.63) is 29.6 Å². The zero-order chi connectivity index (χ0) is 12.3. The number of hydrogen-bond acceptors (Lipinski definition) is 4. The molecular weight excluding hydrogens is 225 g/mol. The lowest BCUT2D eigenvalue weighted by atomic mass is 10.2. The monoisotopic (exact) mass is 237 g/mol. The number of anilines is 1. The van der Waals surface area contributed by atoms with Crippen LogP contribution in [0.5, 0.6) is 0 Å². The van der Waals surface area contributed by atoms with E-state index in [-0.39, 0.29) is 12.2 Å². The summed E-state index contributed by atoms with van der Waals surface area (Å²) in [6, 6.07) is 4.54. The maximum atomic E-state index is 13.6. The maximum absolute atomic E-state index is 13.6. The third-order valence-corrected chi connectivity index (χ3v) is 2.35. The summed E-state index contributed by atoms with van der Waals surface area (Å²) >= 11 is 0. The van der Waals surface area contributed by atoms with Crippen molar-refractivity contribution >= 4 is 17.5 Å². The number of carbonyl (C=O) groups is 1. The lowest BCUT2D eigenvalue weighted by Crippen LogP contribution is -2.20. The van der Waals surface area contributed by atoms with Gasteiger partial charge in [-0.2, -0.15) is 0 Å². The zero-order valence-corrected chi connectivity index (χ0v) is 9.03. The fourth-order valence-corrected chi connectivity index (χ4v) is 1.57. The van der Waals surface area contributed by atoms with Crippen LogP contribution in [0.2, 0.25) is 0 Å². The van der Waals surface area contributed by atoms with Crippen molar-refractivity contribution < 1.29 is 14.3 Å². The molecule has 5 nitrogen and oxygen atoms in total. The van der Waals surface area contributed by atoms with Crippen LogP contribution in [0.3, 0.4) is 0 Å². The van der Waals surface area contributed by atoms with Crippen LogP contribution in [0.4, 0.5) is 10.1 Å². The Hall–Kier alpha value is -2.11. The number of nitrogens with zero attached hydrogens (tertiary/aromatic N) is 1. The van der Waals surface area contributed by atoms with E-state index >= 15 is 0 Å². The van der Waals surface area contributed by atoms with Crippen LogP contribution in [-0.4, -0.2) is 36.5 Å². The Morgan fingerprint density at radius 3 is 3.00 bits per heavy atom. The average molecular weight is 237 g/mol. The number of aliphatic carboxylic acids is 1. The average Bonchev–Trinajstić information content (AvgIpc) is 2.80. The summed E-state index contributed by atoms with van der Waals surface area (Å²) in [6.45, 7) is 1.14. The summed E-state index contributed by atoms with van der Waals surface area (Å²) in [5.41, 5.74) is 0.843. The smallest absolute Gasteiger partial charge is 0.322 e. The fourth-order valence-electron chi connectivity index (χ4n) is 1.57. The van der Waals surface area contributed by atoms with E-state index < -0.39 is 11.8 Å². The van der Waals surface area contributed by atoms with Crippen LogP contribution in [-0.2, 0) is 4.79 Å². The van der Waals surface area contributed by atoms with Gasteiger partial charge in [-0.05, 0) is 18.2 Å². The largest absolute Gasteiger partial charge is 0.480 e. The molecule has 0 aromatic heterocycles. The number of amidine groups is 1. The summed E-state index contributed by atoms with van der Waals surface area (Å²) in [7, 11) is 0. The molecule has 17 heavy (non-hydrogen) atoms. The minimum atomic E-state index is -1.03. The van der Waals surface area contributed by atoms with Crippen molar-refractivity contribution in [3.8, 4) is 0 Å². The minimum absolute atomic E-state index is 0.176. The number of carboxylic acid groups (broad SMARTS) is 1. The first-order chi connectivity index (χ1) is 8.16. The zero-order valence-electron chi connectivity index (χ0n) is 9.03. The van der Waals surface area contributed by atoms with Gasteiger partial charge in [0.2, 0.25) is 0 Å². The molecule has 2 rings (SSSR count). The normalized spacial score (nSPS) is 14.1. The van der Waals surface area contributed by atoms with Gasteiger partial charge in [-0.15, -0.1) is 0 Å². The molecule has 1 heterocycles. The Labute approximate surface area is 97.4 Å². The van der Waals surface area contributed by atoms with Gasteiger partial charge in [-0.1, -0.05) is 0 Å². The van der Waals surface area contributed by atoms with Crippen LogP contribution in [0.15, 0.2) is 23.2 Å². The number of rotatable bonds is 4. The molecule has 3 N–H and O–H groups in total. The van der Waals surface area contributed by atoms with Crippen LogP contribution in [0.1, 0.15) is 5.56 Å². The molecule has 1 aliphatic heterocycles. The van der Waals surface area contributed by atoms with Crippen LogP contribution in [0.25, 0.3) is 0 Å². The van der Waals surface area contributed by atoms with E-state index in [9.17, 15) is 9.18 Å². The summed E-state index contributed by atoms with van der Waals surface area (Å²) in [5.74, 6) is -0.843. The van der Waals surface area contributed by atoms with Crippen molar-refractivity contribution in [1.82, 2.24) is 5.32 Å². The lowest BCUT2D eigenvalue weighted by molar-refractivity contribution is -0.134. The van der Waals surface area contributed by atoms with E-state index in [2.05, 4.69) is 15.6 Å². The summed E-state index contributed by atoms with van der Waals surface area (Å²) in [5, 5.41) is 14.0. The van der Waals surface area contributed by atoms with Gasteiger partial charge >= 0.3 is 5.97 Å². The minimum Gasteiger partial charge on any atom is -0.480 e. The molecule has 90 valence electrons. The second-order valence-corrected chi connectivity index (χ2v) is 3.60. The van der Waals surface area contributed by atoms with Gasteiger partial charge in [0, 0.05) is 12.1 Å². The molecule has 0 saturated heterocycles. The third-order valence-electron chi connectivity index (χ3n) is 2.35. The highest BCUT2D eigenvalue weighted by Gasteiger charge is 2.11. The van der Waals surface area contributed by atoms with E-state index in [0.717, 1.165) is 6.54 Å². The molecule has 6 heteroatoms. The van der Waals surface area contributed by atoms with Crippen molar-refractivity contribution in [3.63, 3.8) is 0 Å². The Morgan fingerprint density at radius 2 is 2.41 bits per heavy atom. The second kappa shape index (κ2) is 4.82. The van der Waals surface area contributed by atoms with E-state index in [4.69, 9.17) is 5.11 Å². The molecule has 0 saturated carbocycles. The van der Waals surface area contributed by atoms with Crippen LogP contribution < -0.4 is 10.6 Å². The predicted octanol–water partition coefficient (Wildman–Crippen LogP) is 0.672. The molecule has 0 bridgehead atoms. The molecule has 0 atom stereocenters. The van der Waals surface area contributed by atoms with Gasteiger partial charge in [0.1, 0.15) is 18.2 Å². The quantitative estimate of drug-likeness (QED) is 0.719. The summed E-state index contributed by atoms with van der Waals surface area (Å²) in [4.78, 5) is 14.5. The van der Waals surface area contributed by atoms with Gasteiger partial charge in [0.25, 0.3) is 0 Å². The number of halogens is 1. The number of nitrogens with one attached hydrogen (secondary N) is 2. The van der Waals surface area contributed by atoms with Crippen molar-refractivity contribution in [2.45, 2.75) is 0 Å². The van der Waals surface area contributed by atoms with Crippen molar-refractivity contribution in [2.75, 3.05) is 25.0 Å². The Kier molecular flexibility index (Phi) is 3.22. The fraction of sp³-hybridized carbons (Fsp3) is 0.273. The van der Waals surface area contributed by atoms with Gasteiger partial charge in [0.15, 0.2) is 0 Å². The number of aliphatic imine (C=N–C) groups is 1. The number of carboxylic acids is 1. The number of hydrogen-bond donors (Lipinski definition) is 3. The molecule has 0 amide bonds. The Bertz CT molecular complexity index is 474. The molecule has 1 aliphatic rings. The molecule has 1 aromatic carbocycles. The van der Waals surface area contributed by atoms with Crippen LogP contribution >= 0.6 is 0 Å².